The fourth-order valence-corrected chi connectivity index (χ4v) is 2.81. The number of benzene rings is 2. The van der Waals surface area contributed by atoms with Crippen molar-refractivity contribution in [2.75, 3.05) is 6.61 Å². The van der Waals surface area contributed by atoms with Crippen molar-refractivity contribution in [2.24, 2.45) is 0 Å². The van der Waals surface area contributed by atoms with Crippen molar-refractivity contribution in [1.82, 2.24) is 0 Å². The van der Waals surface area contributed by atoms with Crippen molar-refractivity contribution >= 4 is 16.9 Å². The molecule has 0 atom stereocenters. The molecule has 9 heteroatoms. The number of halogens is 3. The van der Waals surface area contributed by atoms with E-state index in [1.165, 1.54) is 24.3 Å². The average molecular weight is 435 g/mol. The summed E-state index contributed by atoms with van der Waals surface area (Å²) in [6.07, 6.45) is -5.02. The van der Waals surface area contributed by atoms with Crippen LogP contribution in [0.4, 0.5) is 13.2 Å². The SMILES string of the molecule is CC(C)(C)c1ccc(Oc2c(C(F)(F)F)oc3cc(OCC(=O)[O-])ccc3c2=O)cc1. The Balaban J connectivity index is 2.07. The van der Waals surface area contributed by atoms with E-state index in [1.54, 1.807) is 12.1 Å². The third kappa shape index (κ3) is 4.99. The highest BCUT2D eigenvalue weighted by atomic mass is 19.4. The van der Waals surface area contributed by atoms with Crippen LogP contribution in [0.5, 0.6) is 17.2 Å². The maximum Gasteiger partial charge on any atom is 0.453 e. The Kier molecular flexibility index (Phi) is 5.71. The molecule has 0 aliphatic heterocycles. The van der Waals surface area contributed by atoms with E-state index in [9.17, 15) is 27.9 Å². The van der Waals surface area contributed by atoms with E-state index in [4.69, 9.17) is 13.9 Å². The van der Waals surface area contributed by atoms with E-state index in [0.29, 0.717) is 0 Å². The van der Waals surface area contributed by atoms with Crippen molar-refractivity contribution in [1.29, 1.82) is 0 Å². The zero-order valence-corrected chi connectivity index (χ0v) is 16.8. The van der Waals surface area contributed by atoms with Gasteiger partial charge in [-0.15, -0.1) is 0 Å². The topological polar surface area (TPSA) is 88.8 Å². The summed E-state index contributed by atoms with van der Waals surface area (Å²) in [5.41, 5.74) is -0.692. The highest BCUT2D eigenvalue weighted by Crippen LogP contribution is 2.39. The van der Waals surface area contributed by atoms with Crippen LogP contribution >= 0.6 is 0 Å². The minimum absolute atomic E-state index is 0.0408. The fourth-order valence-electron chi connectivity index (χ4n) is 2.81. The van der Waals surface area contributed by atoms with Crippen LogP contribution in [0, 0.1) is 0 Å². The van der Waals surface area contributed by atoms with Crippen molar-refractivity contribution in [3.8, 4) is 17.2 Å². The first-order valence-electron chi connectivity index (χ1n) is 9.15. The molecule has 0 fully saturated rings. The van der Waals surface area contributed by atoms with E-state index in [2.05, 4.69) is 0 Å². The number of ether oxygens (including phenoxy) is 2. The summed E-state index contributed by atoms with van der Waals surface area (Å²) in [6.45, 7) is 5.13. The average Bonchev–Trinajstić information content (AvgIpc) is 2.67. The molecule has 3 aromatic rings. The van der Waals surface area contributed by atoms with Gasteiger partial charge in [-0.25, -0.2) is 0 Å². The molecule has 1 aromatic heterocycles. The molecule has 0 bridgehead atoms. The maximum absolute atomic E-state index is 13.6. The number of aliphatic carboxylic acids is 1. The van der Waals surface area contributed by atoms with Crippen LogP contribution in [0.25, 0.3) is 11.0 Å². The molecule has 31 heavy (non-hydrogen) atoms. The van der Waals surface area contributed by atoms with Gasteiger partial charge >= 0.3 is 6.18 Å². The molecule has 0 saturated heterocycles. The Morgan fingerprint density at radius 1 is 1.03 bits per heavy atom. The number of alkyl halides is 3. The molecule has 0 radical (unpaired) electrons. The van der Waals surface area contributed by atoms with Crippen molar-refractivity contribution in [2.45, 2.75) is 32.4 Å². The normalized spacial score (nSPS) is 12.1. The third-order valence-electron chi connectivity index (χ3n) is 4.38. The van der Waals surface area contributed by atoms with Crippen LogP contribution in [0.2, 0.25) is 0 Å². The zero-order valence-electron chi connectivity index (χ0n) is 16.8. The second-order valence-corrected chi connectivity index (χ2v) is 7.78. The quantitative estimate of drug-likeness (QED) is 0.601. The molecule has 1 heterocycles. The molecular weight excluding hydrogens is 417 g/mol. The molecule has 0 N–H and O–H groups in total. The second kappa shape index (κ2) is 7.98. The lowest BCUT2D eigenvalue weighted by atomic mass is 9.87. The third-order valence-corrected chi connectivity index (χ3v) is 4.38. The largest absolute Gasteiger partial charge is 0.546 e. The lowest BCUT2D eigenvalue weighted by molar-refractivity contribution is -0.307. The van der Waals surface area contributed by atoms with Gasteiger partial charge in [-0.05, 0) is 35.2 Å². The van der Waals surface area contributed by atoms with Crippen LogP contribution in [0.3, 0.4) is 0 Å². The first kappa shape index (κ1) is 22.2. The van der Waals surface area contributed by atoms with Gasteiger partial charge in [0, 0.05) is 6.07 Å². The zero-order chi connectivity index (χ0) is 23.0. The van der Waals surface area contributed by atoms with E-state index in [-0.39, 0.29) is 22.3 Å². The molecule has 164 valence electrons. The Labute approximate surface area is 174 Å². The van der Waals surface area contributed by atoms with E-state index < -0.39 is 41.3 Å². The Morgan fingerprint density at radius 2 is 1.65 bits per heavy atom. The number of carboxylic acid groups (broad SMARTS) is 1. The monoisotopic (exact) mass is 435 g/mol. The number of hydrogen-bond donors (Lipinski definition) is 0. The van der Waals surface area contributed by atoms with Crippen LogP contribution in [-0.2, 0) is 16.4 Å². The predicted octanol–water partition coefficient (Wildman–Crippen LogP) is 4.03. The molecule has 0 aliphatic rings. The van der Waals surface area contributed by atoms with E-state index in [1.807, 2.05) is 20.8 Å². The second-order valence-electron chi connectivity index (χ2n) is 7.78. The van der Waals surface area contributed by atoms with Gasteiger partial charge in [-0.1, -0.05) is 32.9 Å². The molecule has 6 nitrogen and oxygen atoms in total. The molecule has 2 aromatic carbocycles. The number of fused-ring (bicyclic) bond motifs is 1. The van der Waals surface area contributed by atoms with Crippen LogP contribution in [0.15, 0.2) is 51.7 Å². The molecule has 0 unspecified atom stereocenters. The summed E-state index contributed by atoms with van der Waals surface area (Å²) >= 11 is 0. The summed E-state index contributed by atoms with van der Waals surface area (Å²) in [5, 5.41) is 10.3. The number of carbonyl (C=O) groups excluding carboxylic acids is 1. The molecule has 0 saturated carbocycles. The Morgan fingerprint density at radius 3 is 2.19 bits per heavy atom. The van der Waals surface area contributed by atoms with Crippen LogP contribution < -0.4 is 20.0 Å². The molecule has 0 aliphatic carbocycles. The predicted molar refractivity (Wildman–Crippen MR) is 103 cm³/mol. The summed E-state index contributed by atoms with van der Waals surface area (Å²) in [6, 6.07) is 9.75. The summed E-state index contributed by atoms with van der Waals surface area (Å²) in [5.74, 6) is -4.17. The van der Waals surface area contributed by atoms with Gasteiger partial charge in [0.05, 0.1) is 11.4 Å². The van der Waals surface area contributed by atoms with Gasteiger partial charge in [0.25, 0.3) is 5.76 Å². The van der Waals surface area contributed by atoms with Gasteiger partial charge in [0.2, 0.25) is 11.2 Å². The smallest absolute Gasteiger partial charge is 0.453 e. The van der Waals surface area contributed by atoms with Gasteiger partial charge in [-0.2, -0.15) is 13.2 Å². The highest BCUT2D eigenvalue weighted by molar-refractivity contribution is 5.80. The van der Waals surface area contributed by atoms with Crippen LogP contribution in [0.1, 0.15) is 32.1 Å². The van der Waals surface area contributed by atoms with Gasteiger partial charge in [-0.3, -0.25) is 4.79 Å². The van der Waals surface area contributed by atoms with Crippen LogP contribution in [-0.4, -0.2) is 12.6 Å². The minimum Gasteiger partial charge on any atom is -0.546 e. The number of carboxylic acids is 1. The fraction of sp³-hybridized carbons (Fsp3) is 0.273. The number of rotatable bonds is 5. The maximum atomic E-state index is 13.6. The molecule has 3 rings (SSSR count). The van der Waals surface area contributed by atoms with Gasteiger partial charge in [0.1, 0.15) is 23.7 Å². The van der Waals surface area contributed by atoms with Crippen molar-refractivity contribution in [3.05, 3.63) is 64.0 Å². The number of carbonyl (C=O) groups is 1. The summed E-state index contributed by atoms with van der Waals surface area (Å²) in [4.78, 5) is 23.3. The number of hydrogen-bond acceptors (Lipinski definition) is 6. The molecule has 0 amide bonds. The van der Waals surface area contributed by atoms with Crippen molar-refractivity contribution < 1.29 is 37.0 Å². The van der Waals surface area contributed by atoms with E-state index >= 15 is 0 Å². The lowest BCUT2D eigenvalue weighted by Crippen LogP contribution is -2.28. The first-order chi connectivity index (χ1) is 14.4. The van der Waals surface area contributed by atoms with Gasteiger partial charge < -0.3 is 23.8 Å². The lowest BCUT2D eigenvalue weighted by Gasteiger charge is -2.19. The summed E-state index contributed by atoms with van der Waals surface area (Å²) in [7, 11) is 0. The van der Waals surface area contributed by atoms with E-state index in [0.717, 1.165) is 11.6 Å². The van der Waals surface area contributed by atoms with Gasteiger partial charge in [0.15, 0.2) is 0 Å². The first-order valence-corrected chi connectivity index (χ1v) is 9.15. The summed E-state index contributed by atoms with van der Waals surface area (Å²) < 4.78 is 55.9. The molecular formula is C22H18F3O6-. The Bertz CT molecular complexity index is 1170. The molecule has 0 spiro atoms. The highest BCUT2D eigenvalue weighted by Gasteiger charge is 2.40. The minimum atomic E-state index is -5.02. The Hall–Kier alpha value is -3.49. The standard InChI is InChI=1S/C22H19F3O6/c1-21(2,3)12-4-6-13(7-5-12)30-19-18(28)15-9-8-14(29-11-17(26)27)10-16(15)31-20(19)22(23,24)25/h4-10H,11H2,1-3H3,(H,26,27)/p-1. The van der Waals surface area contributed by atoms with Crippen molar-refractivity contribution in [3.63, 3.8) is 0 Å².